The van der Waals surface area contributed by atoms with Crippen LogP contribution >= 0.6 is 0 Å². The first-order chi connectivity index (χ1) is 14.4. The Morgan fingerprint density at radius 1 is 0.759 bits per heavy atom. The summed E-state index contributed by atoms with van der Waals surface area (Å²) in [5.74, 6) is 2.42. The van der Waals surface area contributed by atoms with E-state index in [9.17, 15) is 0 Å². The highest BCUT2D eigenvalue weighted by Crippen LogP contribution is 2.30. The van der Waals surface area contributed by atoms with Crippen molar-refractivity contribution in [2.75, 3.05) is 36.0 Å². The highest BCUT2D eigenvalue weighted by Gasteiger charge is 2.22. The molecule has 5 rings (SSSR count). The van der Waals surface area contributed by atoms with Crippen molar-refractivity contribution in [3.63, 3.8) is 0 Å². The van der Waals surface area contributed by atoms with E-state index in [-0.39, 0.29) is 0 Å². The molecule has 4 aromatic rings. The molecule has 5 heterocycles. The van der Waals surface area contributed by atoms with Gasteiger partial charge in [-0.3, -0.25) is 4.98 Å². The van der Waals surface area contributed by atoms with Crippen LogP contribution in [-0.2, 0) is 0 Å². The van der Waals surface area contributed by atoms with E-state index in [1.807, 2.05) is 60.9 Å². The minimum Gasteiger partial charge on any atom is -0.463 e. The van der Waals surface area contributed by atoms with Crippen molar-refractivity contribution in [1.82, 2.24) is 19.9 Å². The van der Waals surface area contributed by atoms with E-state index in [0.717, 1.165) is 48.9 Å². The molecular formula is C22H20N6O. The van der Waals surface area contributed by atoms with E-state index in [4.69, 9.17) is 9.40 Å². The lowest BCUT2D eigenvalue weighted by Crippen LogP contribution is -2.47. The fourth-order valence-electron chi connectivity index (χ4n) is 3.51. The number of nitrogens with zero attached hydrogens (tertiary/aromatic N) is 6. The standard InChI is InChI=1S/C22H20N6O/c1-3-9-23-18(6-1)17-16-25-22(26-21(17)19-7-5-15-29-19)28-13-11-27(12-14-28)20-8-2-4-10-24-20/h1-10,15-16H,11-14H2. The lowest BCUT2D eigenvalue weighted by molar-refractivity contribution is 0.579. The summed E-state index contributed by atoms with van der Waals surface area (Å²) < 4.78 is 5.65. The topological polar surface area (TPSA) is 71.2 Å². The molecule has 0 saturated carbocycles. The smallest absolute Gasteiger partial charge is 0.226 e. The molecule has 29 heavy (non-hydrogen) atoms. The third kappa shape index (κ3) is 3.54. The van der Waals surface area contributed by atoms with Gasteiger partial charge in [-0.2, -0.15) is 0 Å². The van der Waals surface area contributed by atoms with E-state index >= 15 is 0 Å². The summed E-state index contributed by atoms with van der Waals surface area (Å²) in [4.78, 5) is 22.9. The fourth-order valence-corrected chi connectivity index (χ4v) is 3.51. The summed E-state index contributed by atoms with van der Waals surface area (Å²) in [7, 11) is 0. The van der Waals surface area contributed by atoms with Crippen LogP contribution in [0.3, 0.4) is 0 Å². The van der Waals surface area contributed by atoms with Gasteiger partial charge in [0, 0.05) is 50.3 Å². The lowest BCUT2D eigenvalue weighted by atomic mass is 10.1. The molecule has 0 atom stereocenters. The SMILES string of the molecule is c1ccc(-c2cnc(N3CCN(c4ccccn4)CC3)nc2-c2ccco2)nc1. The zero-order chi connectivity index (χ0) is 19.5. The molecule has 0 aliphatic carbocycles. The first kappa shape index (κ1) is 17.4. The lowest BCUT2D eigenvalue weighted by Gasteiger charge is -2.35. The van der Waals surface area contributed by atoms with Crippen LogP contribution in [0.15, 0.2) is 77.8 Å². The Hall–Kier alpha value is -3.74. The average Bonchev–Trinajstić information content (AvgIpc) is 3.35. The normalized spacial score (nSPS) is 14.2. The molecule has 0 N–H and O–H groups in total. The van der Waals surface area contributed by atoms with Gasteiger partial charge in [0.1, 0.15) is 11.5 Å². The molecule has 1 aliphatic heterocycles. The number of hydrogen-bond acceptors (Lipinski definition) is 7. The maximum Gasteiger partial charge on any atom is 0.226 e. The maximum atomic E-state index is 5.65. The second-order valence-electron chi connectivity index (χ2n) is 6.79. The molecule has 0 spiro atoms. The molecule has 1 saturated heterocycles. The van der Waals surface area contributed by atoms with Gasteiger partial charge < -0.3 is 14.2 Å². The molecule has 7 nitrogen and oxygen atoms in total. The summed E-state index contributed by atoms with van der Waals surface area (Å²) in [6.07, 6.45) is 7.10. The molecule has 4 aromatic heterocycles. The van der Waals surface area contributed by atoms with Gasteiger partial charge >= 0.3 is 0 Å². The van der Waals surface area contributed by atoms with Gasteiger partial charge in [0.25, 0.3) is 0 Å². The zero-order valence-corrected chi connectivity index (χ0v) is 15.8. The minimum atomic E-state index is 0.705. The van der Waals surface area contributed by atoms with Gasteiger partial charge in [-0.05, 0) is 36.4 Å². The minimum absolute atomic E-state index is 0.705. The van der Waals surface area contributed by atoms with Crippen molar-refractivity contribution in [3.05, 3.63) is 73.4 Å². The van der Waals surface area contributed by atoms with Crippen LogP contribution in [0.1, 0.15) is 0 Å². The Balaban J connectivity index is 1.42. The highest BCUT2D eigenvalue weighted by atomic mass is 16.3. The van der Waals surface area contributed by atoms with Gasteiger partial charge in [0.15, 0.2) is 5.76 Å². The van der Waals surface area contributed by atoms with E-state index < -0.39 is 0 Å². The number of anilines is 2. The van der Waals surface area contributed by atoms with Crippen molar-refractivity contribution in [2.45, 2.75) is 0 Å². The van der Waals surface area contributed by atoms with Crippen molar-refractivity contribution in [1.29, 1.82) is 0 Å². The predicted octanol–water partition coefficient (Wildman–Crippen LogP) is 3.52. The second kappa shape index (κ2) is 7.71. The molecule has 1 aliphatic rings. The Labute approximate surface area is 168 Å². The van der Waals surface area contributed by atoms with Crippen LogP contribution in [0.25, 0.3) is 22.7 Å². The monoisotopic (exact) mass is 384 g/mol. The quantitative estimate of drug-likeness (QED) is 0.533. The van der Waals surface area contributed by atoms with Crippen LogP contribution in [0, 0.1) is 0 Å². The Morgan fingerprint density at radius 3 is 2.24 bits per heavy atom. The summed E-state index contributed by atoms with van der Waals surface area (Å²) in [6, 6.07) is 15.6. The summed E-state index contributed by atoms with van der Waals surface area (Å²) in [6.45, 7) is 3.41. The number of furan rings is 1. The largest absolute Gasteiger partial charge is 0.463 e. The summed E-state index contributed by atoms with van der Waals surface area (Å²) in [5.41, 5.74) is 2.44. The van der Waals surface area contributed by atoms with Gasteiger partial charge in [0.05, 0.1) is 12.0 Å². The van der Waals surface area contributed by atoms with Crippen molar-refractivity contribution in [3.8, 4) is 22.7 Å². The number of piperazine rings is 1. The Bertz CT molecular complexity index is 1060. The second-order valence-corrected chi connectivity index (χ2v) is 6.79. The maximum absolute atomic E-state index is 5.65. The number of hydrogen-bond donors (Lipinski definition) is 0. The van der Waals surface area contributed by atoms with Crippen LogP contribution in [0.4, 0.5) is 11.8 Å². The van der Waals surface area contributed by atoms with E-state index in [1.54, 1.807) is 12.5 Å². The first-order valence-corrected chi connectivity index (χ1v) is 9.62. The first-order valence-electron chi connectivity index (χ1n) is 9.62. The van der Waals surface area contributed by atoms with Gasteiger partial charge in [0.2, 0.25) is 5.95 Å². The predicted molar refractivity (Wildman–Crippen MR) is 112 cm³/mol. The summed E-state index contributed by atoms with van der Waals surface area (Å²) >= 11 is 0. The van der Waals surface area contributed by atoms with Crippen molar-refractivity contribution >= 4 is 11.8 Å². The van der Waals surface area contributed by atoms with Gasteiger partial charge in [-0.15, -0.1) is 0 Å². The number of aromatic nitrogens is 4. The third-order valence-electron chi connectivity index (χ3n) is 5.01. The fraction of sp³-hybridized carbons (Fsp3) is 0.182. The molecular weight excluding hydrogens is 364 g/mol. The van der Waals surface area contributed by atoms with E-state index in [2.05, 4.69) is 24.8 Å². The molecule has 0 radical (unpaired) electrons. The van der Waals surface area contributed by atoms with Gasteiger partial charge in [-0.25, -0.2) is 15.0 Å². The van der Waals surface area contributed by atoms with Crippen LogP contribution in [-0.4, -0.2) is 46.1 Å². The van der Waals surface area contributed by atoms with E-state index in [0.29, 0.717) is 11.7 Å². The van der Waals surface area contributed by atoms with Crippen molar-refractivity contribution in [2.24, 2.45) is 0 Å². The molecule has 7 heteroatoms. The molecule has 1 fully saturated rings. The number of pyridine rings is 2. The zero-order valence-electron chi connectivity index (χ0n) is 15.8. The van der Waals surface area contributed by atoms with Crippen molar-refractivity contribution < 1.29 is 4.42 Å². The highest BCUT2D eigenvalue weighted by molar-refractivity contribution is 5.76. The van der Waals surface area contributed by atoms with Crippen LogP contribution in [0.2, 0.25) is 0 Å². The van der Waals surface area contributed by atoms with Crippen LogP contribution < -0.4 is 9.80 Å². The molecule has 0 bridgehead atoms. The third-order valence-corrected chi connectivity index (χ3v) is 5.01. The van der Waals surface area contributed by atoms with Crippen LogP contribution in [0.5, 0.6) is 0 Å². The molecule has 0 unspecified atom stereocenters. The van der Waals surface area contributed by atoms with E-state index in [1.165, 1.54) is 0 Å². The molecule has 0 aromatic carbocycles. The Morgan fingerprint density at radius 2 is 1.55 bits per heavy atom. The average molecular weight is 384 g/mol. The Kier molecular flexibility index (Phi) is 4.62. The summed E-state index contributed by atoms with van der Waals surface area (Å²) in [5, 5.41) is 0. The molecule has 144 valence electrons. The molecule has 0 amide bonds. The number of rotatable bonds is 4. The van der Waals surface area contributed by atoms with Gasteiger partial charge in [-0.1, -0.05) is 12.1 Å².